The predicted octanol–water partition coefficient (Wildman–Crippen LogP) is 3.86. The topological polar surface area (TPSA) is 62.2 Å². The number of pyridine rings is 1. The second-order valence-corrected chi connectivity index (χ2v) is 6.55. The maximum absolute atomic E-state index is 12.8. The number of amides is 1. The van der Waals surface area contributed by atoms with Crippen molar-refractivity contribution in [2.24, 2.45) is 0 Å². The van der Waals surface area contributed by atoms with Crippen LogP contribution in [0.15, 0.2) is 79.0 Å². The van der Waals surface area contributed by atoms with Gasteiger partial charge in [-0.1, -0.05) is 48.5 Å². The highest BCUT2D eigenvalue weighted by molar-refractivity contribution is 5.83. The molecule has 0 aliphatic rings. The van der Waals surface area contributed by atoms with Crippen LogP contribution in [0, 0.1) is 0 Å². The van der Waals surface area contributed by atoms with Gasteiger partial charge in [0, 0.05) is 24.9 Å². The first-order chi connectivity index (χ1) is 13.2. The van der Waals surface area contributed by atoms with Gasteiger partial charge in [-0.3, -0.25) is 9.78 Å². The molecule has 0 spiro atoms. The fourth-order valence-corrected chi connectivity index (χ4v) is 3.07. The van der Waals surface area contributed by atoms with Gasteiger partial charge in [-0.05, 0) is 48.2 Å². The lowest BCUT2D eigenvalue weighted by molar-refractivity contribution is -0.122. The number of hydrogen-bond acceptors (Lipinski definition) is 3. The molecule has 1 aromatic heterocycles. The Morgan fingerprint density at radius 2 is 1.70 bits per heavy atom. The standard InChI is InChI=1S/C23H24N2O2/c26-21-13-11-18(12-14-21)7-6-16-25-23(27)22(19-8-2-1-3-9-19)17-20-10-4-5-15-24-20/h1-5,8-15,22,26H,6-7,16-17H2,(H,25,27). The van der Waals surface area contributed by atoms with Crippen LogP contribution in [0.5, 0.6) is 5.75 Å². The minimum Gasteiger partial charge on any atom is -0.508 e. The number of nitrogens with zero attached hydrogens (tertiary/aromatic N) is 1. The summed E-state index contributed by atoms with van der Waals surface area (Å²) in [6, 6.07) is 22.8. The largest absolute Gasteiger partial charge is 0.508 e. The van der Waals surface area contributed by atoms with Crippen molar-refractivity contribution in [1.82, 2.24) is 10.3 Å². The van der Waals surface area contributed by atoms with Crippen LogP contribution in [-0.4, -0.2) is 22.5 Å². The van der Waals surface area contributed by atoms with Crippen LogP contribution < -0.4 is 5.32 Å². The molecule has 0 radical (unpaired) electrons. The third-order valence-corrected chi connectivity index (χ3v) is 4.54. The minimum atomic E-state index is -0.255. The molecule has 1 unspecified atom stereocenters. The molecule has 0 bridgehead atoms. The molecule has 27 heavy (non-hydrogen) atoms. The molecule has 4 nitrogen and oxygen atoms in total. The summed E-state index contributed by atoms with van der Waals surface area (Å²) in [5, 5.41) is 12.4. The number of phenols is 1. The van der Waals surface area contributed by atoms with E-state index in [1.807, 2.05) is 60.7 Å². The van der Waals surface area contributed by atoms with E-state index >= 15 is 0 Å². The second-order valence-electron chi connectivity index (χ2n) is 6.55. The van der Waals surface area contributed by atoms with Gasteiger partial charge in [-0.25, -0.2) is 0 Å². The number of phenolic OH excluding ortho intramolecular Hbond substituents is 1. The molecule has 0 saturated heterocycles. The summed E-state index contributed by atoms with van der Waals surface area (Å²) in [7, 11) is 0. The first-order valence-electron chi connectivity index (χ1n) is 9.23. The Hall–Kier alpha value is -3.14. The third kappa shape index (κ3) is 5.68. The number of aryl methyl sites for hydroxylation is 1. The Kier molecular flexibility index (Phi) is 6.58. The van der Waals surface area contributed by atoms with Gasteiger partial charge < -0.3 is 10.4 Å². The minimum absolute atomic E-state index is 0.0255. The van der Waals surface area contributed by atoms with Crippen molar-refractivity contribution in [2.45, 2.75) is 25.2 Å². The Bertz CT molecular complexity index is 833. The number of nitrogens with one attached hydrogen (secondary N) is 1. The number of hydrogen-bond donors (Lipinski definition) is 2. The molecule has 1 heterocycles. The number of aromatic hydroxyl groups is 1. The molecular formula is C23H24N2O2. The molecular weight excluding hydrogens is 336 g/mol. The Morgan fingerprint density at radius 3 is 2.41 bits per heavy atom. The molecule has 2 N–H and O–H groups in total. The van der Waals surface area contributed by atoms with E-state index in [1.54, 1.807) is 18.3 Å². The summed E-state index contributed by atoms with van der Waals surface area (Å²) >= 11 is 0. The van der Waals surface area contributed by atoms with Gasteiger partial charge in [-0.2, -0.15) is 0 Å². The SMILES string of the molecule is O=C(NCCCc1ccc(O)cc1)C(Cc1ccccn1)c1ccccc1. The van der Waals surface area contributed by atoms with Gasteiger partial charge in [0.1, 0.15) is 5.75 Å². The molecule has 3 aromatic rings. The van der Waals surface area contributed by atoms with Crippen LogP contribution in [0.1, 0.15) is 29.2 Å². The molecule has 0 aliphatic heterocycles. The van der Waals surface area contributed by atoms with Crippen LogP contribution in [0.2, 0.25) is 0 Å². The van der Waals surface area contributed by atoms with Crippen LogP contribution in [0.4, 0.5) is 0 Å². The van der Waals surface area contributed by atoms with E-state index in [9.17, 15) is 9.90 Å². The van der Waals surface area contributed by atoms with Gasteiger partial charge >= 0.3 is 0 Å². The van der Waals surface area contributed by atoms with E-state index in [1.165, 1.54) is 0 Å². The Morgan fingerprint density at radius 1 is 0.963 bits per heavy atom. The lowest BCUT2D eigenvalue weighted by Gasteiger charge is -2.17. The first-order valence-corrected chi connectivity index (χ1v) is 9.23. The Balaban J connectivity index is 1.58. The van der Waals surface area contributed by atoms with Gasteiger partial charge in [-0.15, -0.1) is 0 Å². The lowest BCUT2D eigenvalue weighted by Crippen LogP contribution is -2.31. The summed E-state index contributed by atoms with van der Waals surface area (Å²) < 4.78 is 0. The molecule has 0 saturated carbocycles. The molecule has 0 aliphatic carbocycles. The van der Waals surface area contributed by atoms with Crippen molar-refractivity contribution < 1.29 is 9.90 Å². The molecule has 4 heteroatoms. The first kappa shape index (κ1) is 18.6. The van der Waals surface area contributed by atoms with E-state index in [4.69, 9.17) is 0 Å². The van der Waals surface area contributed by atoms with Crippen molar-refractivity contribution in [2.75, 3.05) is 6.54 Å². The maximum Gasteiger partial charge on any atom is 0.227 e. The zero-order valence-corrected chi connectivity index (χ0v) is 15.2. The van der Waals surface area contributed by atoms with E-state index in [-0.39, 0.29) is 17.6 Å². The number of rotatable bonds is 8. The van der Waals surface area contributed by atoms with E-state index < -0.39 is 0 Å². The maximum atomic E-state index is 12.8. The Labute approximate surface area is 159 Å². The highest BCUT2D eigenvalue weighted by Gasteiger charge is 2.21. The number of carbonyl (C=O) groups is 1. The van der Waals surface area contributed by atoms with Crippen LogP contribution in [0.3, 0.4) is 0 Å². The van der Waals surface area contributed by atoms with E-state index in [2.05, 4.69) is 10.3 Å². The van der Waals surface area contributed by atoms with Gasteiger partial charge in [0.05, 0.1) is 5.92 Å². The fourth-order valence-electron chi connectivity index (χ4n) is 3.07. The molecule has 1 atom stereocenters. The zero-order chi connectivity index (χ0) is 18.9. The smallest absolute Gasteiger partial charge is 0.227 e. The van der Waals surface area contributed by atoms with Crippen molar-refractivity contribution in [3.8, 4) is 5.75 Å². The van der Waals surface area contributed by atoms with Crippen LogP contribution in [-0.2, 0) is 17.6 Å². The average molecular weight is 360 g/mol. The molecule has 0 fully saturated rings. The monoisotopic (exact) mass is 360 g/mol. The van der Waals surface area contributed by atoms with Gasteiger partial charge in [0.2, 0.25) is 5.91 Å². The second kappa shape index (κ2) is 9.53. The lowest BCUT2D eigenvalue weighted by atomic mass is 9.93. The zero-order valence-electron chi connectivity index (χ0n) is 15.2. The summed E-state index contributed by atoms with van der Waals surface area (Å²) in [5.41, 5.74) is 3.06. The quantitative estimate of drug-likeness (QED) is 0.600. The van der Waals surface area contributed by atoms with Gasteiger partial charge in [0.15, 0.2) is 0 Å². The van der Waals surface area contributed by atoms with Gasteiger partial charge in [0.25, 0.3) is 0 Å². The van der Waals surface area contributed by atoms with Crippen molar-refractivity contribution >= 4 is 5.91 Å². The fraction of sp³-hybridized carbons (Fsp3) is 0.217. The molecule has 2 aromatic carbocycles. The van der Waals surface area contributed by atoms with E-state index in [0.29, 0.717) is 13.0 Å². The number of aromatic nitrogens is 1. The summed E-state index contributed by atoms with van der Waals surface area (Å²) in [5.74, 6) is 0.0413. The molecule has 1 amide bonds. The number of carbonyl (C=O) groups excluding carboxylic acids is 1. The molecule has 3 rings (SSSR count). The van der Waals surface area contributed by atoms with Crippen molar-refractivity contribution in [3.63, 3.8) is 0 Å². The molecule has 138 valence electrons. The average Bonchev–Trinajstić information content (AvgIpc) is 2.72. The van der Waals surface area contributed by atoms with Crippen LogP contribution in [0.25, 0.3) is 0 Å². The normalized spacial score (nSPS) is 11.7. The van der Waals surface area contributed by atoms with Crippen LogP contribution >= 0.6 is 0 Å². The number of benzene rings is 2. The summed E-state index contributed by atoms with van der Waals surface area (Å²) in [6.45, 7) is 0.616. The van der Waals surface area contributed by atoms with Crippen molar-refractivity contribution in [1.29, 1.82) is 0 Å². The predicted molar refractivity (Wildman–Crippen MR) is 107 cm³/mol. The summed E-state index contributed by atoms with van der Waals surface area (Å²) in [4.78, 5) is 17.2. The third-order valence-electron chi connectivity index (χ3n) is 4.54. The van der Waals surface area contributed by atoms with E-state index in [0.717, 1.165) is 29.7 Å². The highest BCUT2D eigenvalue weighted by Crippen LogP contribution is 2.20. The highest BCUT2D eigenvalue weighted by atomic mass is 16.3. The summed E-state index contributed by atoms with van der Waals surface area (Å²) in [6.07, 6.45) is 4.04. The van der Waals surface area contributed by atoms with Crippen molar-refractivity contribution in [3.05, 3.63) is 95.8 Å².